The van der Waals surface area contributed by atoms with Crippen molar-refractivity contribution in [2.45, 2.75) is 75.2 Å². The van der Waals surface area contributed by atoms with Crippen molar-refractivity contribution in [2.75, 3.05) is 7.11 Å². The van der Waals surface area contributed by atoms with Crippen LogP contribution < -0.4 is 0 Å². The molecule has 1 saturated carbocycles. The summed E-state index contributed by atoms with van der Waals surface area (Å²) in [7, 11) is 1.42. The monoisotopic (exact) mass is 387 g/mol. The van der Waals surface area contributed by atoms with Crippen molar-refractivity contribution in [2.24, 2.45) is 0 Å². The summed E-state index contributed by atoms with van der Waals surface area (Å²) in [6.45, 7) is 8.49. The number of thioether (sulfide) groups is 1. The van der Waals surface area contributed by atoms with E-state index >= 15 is 0 Å². The van der Waals surface area contributed by atoms with Crippen LogP contribution in [0.3, 0.4) is 0 Å². The molecule has 0 N–H and O–H groups in total. The number of benzene rings is 1. The highest BCUT2D eigenvalue weighted by Gasteiger charge is 2.27. The molecule has 3 rings (SSSR count). The predicted octanol–water partition coefficient (Wildman–Crippen LogP) is 5.01. The zero-order chi connectivity index (χ0) is 19.6. The first-order valence-corrected chi connectivity index (χ1v) is 10.5. The lowest BCUT2D eigenvalue weighted by molar-refractivity contribution is -0.139. The number of hydrogen-bond donors (Lipinski definition) is 0. The highest BCUT2D eigenvalue weighted by atomic mass is 32.2. The molecule has 0 aliphatic heterocycles. The normalized spacial score (nSPS) is 16.5. The van der Waals surface area contributed by atoms with E-state index in [1.165, 1.54) is 37.3 Å². The van der Waals surface area contributed by atoms with E-state index in [4.69, 9.17) is 4.74 Å². The molecule has 1 aromatic heterocycles. The Hall–Kier alpha value is -1.82. The number of nitrogens with zero attached hydrogens (tertiary/aromatic N) is 3. The van der Waals surface area contributed by atoms with Crippen molar-refractivity contribution < 1.29 is 9.53 Å². The quantitative estimate of drug-likeness (QED) is 0.533. The molecule has 0 bridgehead atoms. The summed E-state index contributed by atoms with van der Waals surface area (Å²) >= 11 is 1.43. The van der Waals surface area contributed by atoms with Crippen molar-refractivity contribution in [3.63, 3.8) is 0 Å². The van der Waals surface area contributed by atoms with Gasteiger partial charge >= 0.3 is 5.97 Å². The maximum absolute atomic E-state index is 11.9. The number of carbonyl (C=O) groups excluding carboxylic acids is 1. The van der Waals surface area contributed by atoms with Crippen LogP contribution in [0, 0.1) is 0 Å². The number of hydrogen-bond acceptors (Lipinski definition) is 5. The molecular formula is C21H29N3O2S. The molecule has 1 fully saturated rings. The molecule has 1 heterocycles. The standard InChI is InChI=1S/C21H29N3O2S/c1-14(19(25)26-5)27-20-23-22-18(24(20)17-8-6-7-9-17)15-10-12-16(13-11-15)21(2,3)4/h10-14,17H,6-9H2,1-5H3. The lowest BCUT2D eigenvalue weighted by Crippen LogP contribution is -2.17. The molecule has 2 aromatic rings. The Kier molecular flexibility index (Phi) is 5.94. The van der Waals surface area contributed by atoms with Gasteiger partial charge in [-0.1, -0.05) is 69.6 Å². The summed E-state index contributed by atoms with van der Waals surface area (Å²) in [6.07, 6.45) is 4.71. The van der Waals surface area contributed by atoms with Crippen molar-refractivity contribution in [3.05, 3.63) is 29.8 Å². The summed E-state index contributed by atoms with van der Waals surface area (Å²) in [5.41, 5.74) is 2.49. The van der Waals surface area contributed by atoms with Gasteiger partial charge in [-0.15, -0.1) is 10.2 Å². The summed E-state index contributed by atoms with van der Waals surface area (Å²) < 4.78 is 7.11. The van der Waals surface area contributed by atoms with Gasteiger partial charge < -0.3 is 4.74 Å². The van der Waals surface area contributed by atoms with Crippen molar-refractivity contribution in [1.82, 2.24) is 14.8 Å². The van der Waals surface area contributed by atoms with Gasteiger partial charge in [0.05, 0.1) is 7.11 Å². The molecule has 0 spiro atoms. The Morgan fingerprint density at radius 1 is 1.19 bits per heavy atom. The average Bonchev–Trinajstić information content (AvgIpc) is 3.29. The Bertz CT molecular complexity index is 787. The first kappa shape index (κ1) is 19.9. The summed E-state index contributed by atoms with van der Waals surface area (Å²) in [5, 5.41) is 9.43. The molecule has 146 valence electrons. The largest absolute Gasteiger partial charge is 0.468 e. The SMILES string of the molecule is COC(=O)C(C)Sc1nnc(-c2ccc(C(C)(C)C)cc2)n1C1CCCC1. The van der Waals surface area contributed by atoms with E-state index in [1.54, 1.807) is 0 Å². The van der Waals surface area contributed by atoms with Gasteiger partial charge in [-0.25, -0.2) is 0 Å². The molecule has 5 nitrogen and oxygen atoms in total. The van der Waals surface area contributed by atoms with E-state index < -0.39 is 0 Å². The third-order valence-electron chi connectivity index (χ3n) is 5.18. The van der Waals surface area contributed by atoms with Gasteiger partial charge in [0.25, 0.3) is 0 Å². The van der Waals surface area contributed by atoms with Gasteiger partial charge in [-0.05, 0) is 30.7 Å². The summed E-state index contributed by atoms with van der Waals surface area (Å²) in [4.78, 5) is 11.9. The second-order valence-corrected chi connectivity index (χ2v) is 9.53. The van der Waals surface area contributed by atoms with E-state index in [0.717, 1.165) is 29.4 Å². The predicted molar refractivity (Wildman–Crippen MR) is 109 cm³/mol. The summed E-state index contributed by atoms with van der Waals surface area (Å²) in [5.74, 6) is 0.652. The first-order chi connectivity index (χ1) is 12.8. The molecule has 1 aromatic carbocycles. The van der Waals surface area contributed by atoms with Gasteiger partial charge in [-0.2, -0.15) is 0 Å². The zero-order valence-corrected chi connectivity index (χ0v) is 17.7. The highest BCUT2D eigenvalue weighted by Crippen LogP contribution is 2.38. The summed E-state index contributed by atoms with van der Waals surface area (Å²) in [6, 6.07) is 9.01. The second-order valence-electron chi connectivity index (χ2n) is 8.23. The molecule has 0 amide bonds. The number of aromatic nitrogens is 3. The van der Waals surface area contributed by atoms with Gasteiger partial charge in [0.2, 0.25) is 0 Å². The molecule has 6 heteroatoms. The highest BCUT2D eigenvalue weighted by molar-refractivity contribution is 8.00. The van der Waals surface area contributed by atoms with E-state index in [2.05, 4.69) is 59.8 Å². The minimum atomic E-state index is -0.310. The third-order valence-corrected chi connectivity index (χ3v) is 6.21. The van der Waals surface area contributed by atoms with Crippen molar-refractivity contribution >= 4 is 17.7 Å². The Balaban J connectivity index is 1.96. The van der Waals surface area contributed by atoms with Gasteiger partial charge in [-0.3, -0.25) is 9.36 Å². The number of esters is 1. The molecule has 0 radical (unpaired) electrons. The first-order valence-electron chi connectivity index (χ1n) is 9.61. The van der Waals surface area contributed by atoms with Gasteiger partial charge in [0.1, 0.15) is 5.25 Å². The minimum Gasteiger partial charge on any atom is -0.468 e. The second kappa shape index (κ2) is 8.05. The topological polar surface area (TPSA) is 57.0 Å². The molecule has 0 saturated heterocycles. The third kappa shape index (κ3) is 4.37. The Labute approximate surface area is 165 Å². The average molecular weight is 388 g/mol. The van der Waals surface area contributed by atoms with Gasteiger partial charge in [0, 0.05) is 11.6 Å². The Morgan fingerprint density at radius 2 is 1.81 bits per heavy atom. The fraction of sp³-hybridized carbons (Fsp3) is 0.571. The Morgan fingerprint density at radius 3 is 2.37 bits per heavy atom. The van der Waals surface area contributed by atoms with E-state index in [-0.39, 0.29) is 16.6 Å². The van der Waals surface area contributed by atoms with Crippen LogP contribution in [-0.4, -0.2) is 33.1 Å². The fourth-order valence-electron chi connectivity index (χ4n) is 3.54. The van der Waals surface area contributed by atoms with Crippen LogP contribution in [0.5, 0.6) is 0 Å². The minimum absolute atomic E-state index is 0.120. The number of methoxy groups -OCH3 is 1. The van der Waals surface area contributed by atoms with E-state index in [0.29, 0.717) is 6.04 Å². The smallest absolute Gasteiger partial charge is 0.318 e. The fourth-order valence-corrected chi connectivity index (χ4v) is 4.48. The number of rotatable bonds is 5. The lowest BCUT2D eigenvalue weighted by Gasteiger charge is -2.20. The molecular weight excluding hydrogens is 358 g/mol. The molecule has 1 aliphatic carbocycles. The van der Waals surface area contributed by atoms with Crippen LogP contribution in [0.4, 0.5) is 0 Å². The molecule has 1 unspecified atom stereocenters. The van der Waals surface area contributed by atoms with Crippen LogP contribution in [0.2, 0.25) is 0 Å². The zero-order valence-electron chi connectivity index (χ0n) is 16.9. The van der Waals surface area contributed by atoms with E-state index in [1.807, 2.05) is 6.92 Å². The van der Waals surface area contributed by atoms with Gasteiger partial charge in [0.15, 0.2) is 11.0 Å². The molecule has 27 heavy (non-hydrogen) atoms. The van der Waals surface area contributed by atoms with Crippen LogP contribution in [0.15, 0.2) is 29.4 Å². The van der Waals surface area contributed by atoms with Crippen LogP contribution in [0.25, 0.3) is 11.4 Å². The van der Waals surface area contributed by atoms with Crippen LogP contribution in [0.1, 0.15) is 65.0 Å². The number of carbonyl (C=O) groups is 1. The van der Waals surface area contributed by atoms with E-state index in [9.17, 15) is 4.79 Å². The maximum atomic E-state index is 11.9. The molecule has 1 aliphatic rings. The van der Waals surface area contributed by atoms with Crippen LogP contribution >= 0.6 is 11.8 Å². The van der Waals surface area contributed by atoms with Crippen molar-refractivity contribution in [3.8, 4) is 11.4 Å². The maximum Gasteiger partial charge on any atom is 0.318 e. The molecule has 1 atom stereocenters. The van der Waals surface area contributed by atoms with Crippen LogP contribution in [-0.2, 0) is 14.9 Å². The number of ether oxygens (including phenoxy) is 1. The lowest BCUT2D eigenvalue weighted by atomic mass is 9.86. The van der Waals surface area contributed by atoms with Crippen molar-refractivity contribution in [1.29, 1.82) is 0 Å².